The molecule has 0 heterocycles. The van der Waals surface area contributed by atoms with Crippen molar-refractivity contribution in [3.05, 3.63) is 0 Å². The number of nitrogens with one attached hydrogen (secondary N) is 1. The van der Waals surface area contributed by atoms with Crippen molar-refractivity contribution in [3.8, 4) is 0 Å². The number of carbonyl (C=O) groups excluding carboxylic acids is 1. The number of halogens is 5. The fourth-order valence-corrected chi connectivity index (χ4v) is 0.480. The van der Waals surface area contributed by atoms with Gasteiger partial charge >= 0.3 is 12.1 Å². The highest BCUT2D eigenvalue weighted by molar-refractivity contribution is 5.84. The molecule has 0 unspecified atom stereocenters. The Morgan fingerprint density at radius 1 is 1.36 bits per heavy atom. The highest BCUT2D eigenvalue weighted by atomic mass is 19.4. The average Bonchev–Trinajstić information content (AvgIpc) is 1.97. The topological polar surface area (TPSA) is 49.3 Å². The van der Waals surface area contributed by atoms with Gasteiger partial charge in [0.1, 0.15) is 0 Å². The second kappa shape index (κ2) is 4.07. The molecular formula is C6H8F5NO2. The van der Waals surface area contributed by atoms with Gasteiger partial charge in [-0.3, -0.25) is 4.79 Å². The molecule has 0 aliphatic carbocycles. The van der Waals surface area contributed by atoms with Crippen molar-refractivity contribution in [3.63, 3.8) is 0 Å². The molecule has 0 radical (unpaired) electrons. The van der Waals surface area contributed by atoms with Crippen molar-refractivity contribution in [1.82, 2.24) is 5.32 Å². The van der Waals surface area contributed by atoms with Crippen LogP contribution in [0, 0.1) is 0 Å². The first-order valence-corrected chi connectivity index (χ1v) is 3.50. The number of amides is 1. The van der Waals surface area contributed by atoms with E-state index in [1.165, 1.54) is 5.32 Å². The third-order valence-corrected chi connectivity index (χ3v) is 1.20. The van der Waals surface area contributed by atoms with Gasteiger partial charge in [-0.15, -0.1) is 0 Å². The second-order valence-electron chi connectivity index (χ2n) is 2.63. The molecule has 0 aliphatic heterocycles. The summed E-state index contributed by atoms with van der Waals surface area (Å²) in [6.07, 6.45) is -7.11. The Hall–Kier alpha value is -0.920. The SMILES string of the molecule is C[C@H](O)CNC(=O)C(F)(F)C(F)(F)F. The molecule has 1 amide bonds. The lowest BCUT2D eigenvalue weighted by molar-refractivity contribution is -0.269. The summed E-state index contributed by atoms with van der Waals surface area (Å²) in [5, 5.41) is 9.80. The molecule has 0 aromatic rings. The van der Waals surface area contributed by atoms with E-state index in [1.54, 1.807) is 0 Å². The number of aliphatic hydroxyl groups excluding tert-OH is 1. The van der Waals surface area contributed by atoms with E-state index >= 15 is 0 Å². The third-order valence-electron chi connectivity index (χ3n) is 1.20. The van der Waals surface area contributed by atoms with Crippen molar-refractivity contribution in [2.45, 2.75) is 25.1 Å². The van der Waals surface area contributed by atoms with Gasteiger partial charge in [0.2, 0.25) is 0 Å². The molecular weight excluding hydrogens is 213 g/mol. The smallest absolute Gasteiger partial charge is 0.392 e. The van der Waals surface area contributed by atoms with Crippen molar-refractivity contribution < 1.29 is 31.9 Å². The van der Waals surface area contributed by atoms with E-state index in [9.17, 15) is 26.7 Å². The predicted octanol–water partition coefficient (Wildman–Crippen LogP) is 0.681. The standard InChI is InChI=1S/C6H8F5NO2/c1-3(13)2-12-4(14)5(7,8)6(9,10)11/h3,13H,2H2,1H3,(H,12,14)/t3-/m0/s1. The van der Waals surface area contributed by atoms with Gasteiger partial charge in [-0.1, -0.05) is 0 Å². The van der Waals surface area contributed by atoms with Crippen LogP contribution >= 0.6 is 0 Å². The Balaban J connectivity index is 4.38. The summed E-state index contributed by atoms with van der Waals surface area (Å²) in [6.45, 7) is 0.469. The average molecular weight is 221 g/mol. The molecule has 0 aliphatic rings. The molecule has 3 nitrogen and oxygen atoms in total. The van der Waals surface area contributed by atoms with Crippen LogP contribution in [0.4, 0.5) is 22.0 Å². The lowest BCUT2D eigenvalue weighted by atomic mass is 10.3. The van der Waals surface area contributed by atoms with E-state index in [-0.39, 0.29) is 0 Å². The quantitative estimate of drug-likeness (QED) is 0.688. The van der Waals surface area contributed by atoms with E-state index in [0.29, 0.717) is 0 Å². The summed E-state index contributed by atoms with van der Waals surface area (Å²) in [7, 11) is 0. The largest absolute Gasteiger partial charge is 0.463 e. The molecule has 8 heteroatoms. The van der Waals surface area contributed by atoms with E-state index in [2.05, 4.69) is 0 Å². The van der Waals surface area contributed by atoms with Gasteiger partial charge in [-0.2, -0.15) is 22.0 Å². The third kappa shape index (κ3) is 3.09. The van der Waals surface area contributed by atoms with Gasteiger partial charge in [-0.05, 0) is 6.92 Å². The summed E-state index contributed by atoms with van der Waals surface area (Å²) in [5.74, 6) is -7.90. The van der Waals surface area contributed by atoms with Gasteiger partial charge < -0.3 is 10.4 Å². The summed E-state index contributed by atoms with van der Waals surface area (Å²) >= 11 is 0. The Morgan fingerprint density at radius 3 is 2.07 bits per heavy atom. The maximum Gasteiger partial charge on any atom is 0.463 e. The maximum absolute atomic E-state index is 12.2. The van der Waals surface area contributed by atoms with Crippen molar-refractivity contribution in [1.29, 1.82) is 0 Å². The maximum atomic E-state index is 12.2. The minimum absolute atomic E-state index is 0.662. The van der Waals surface area contributed by atoms with Crippen LogP contribution < -0.4 is 5.32 Å². The molecule has 84 valence electrons. The normalized spacial score (nSPS) is 15.1. The first-order chi connectivity index (χ1) is 6.09. The number of carbonyl (C=O) groups is 1. The molecule has 0 saturated heterocycles. The minimum atomic E-state index is -5.92. The first-order valence-electron chi connectivity index (χ1n) is 3.50. The summed E-state index contributed by atoms with van der Waals surface area (Å²) < 4.78 is 58.9. The molecule has 14 heavy (non-hydrogen) atoms. The number of hydrogen-bond acceptors (Lipinski definition) is 2. The zero-order valence-corrected chi connectivity index (χ0v) is 7.03. The summed E-state index contributed by atoms with van der Waals surface area (Å²) in [6, 6.07) is 0. The predicted molar refractivity (Wildman–Crippen MR) is 35.7 cm³/mol. The Morgan fingerprint density at radius 2 is 1.79 bits per heavy atom. The summed E-state index contributed by atoms with van der Waals surface area (Å²) in [4.78, 5) is 10.3. The zero-order chi connectivity index (χ0) is 11.6. The summed E-state index contributed by atoms with van der Waals surface area (Å²) in [5.41, 5.74) is 0. The number of hydrogen-bond donors (Lipinski definition) is 2. The van der Waals surface area contributed by atoms with E-state index in [4.69, 9.17) is 5.11 Å². The zero-order valence-electron chi connectivity index (χ0n) is 7.03. The minimum Gasteiger partial charge on any atom is -0.392 e. The molecule has 0 rings (SSSR count). The van der Waals surface area contributed by atoms with Crippen LogP contribution in [0.2, 0.25) is 0 Å². The first kappa shape index (κ1) is 13.1. The van der Waals surface area contributed by atoms with Crippen LogP contribution in [-0.4, -0.2) is 35.8 Å². The number of aliphatic hydroxyl groups is 1. The monoisotopic (exact) mass is 221 g/mol. The van der Waals surface area contributed by atoms with Crippen LogP contribution in [0.5, 0.6) is 0 Å². The van der Waals surface area contributed by atoms with Crippen LogP contribution in [0.25, 0.3) is 0 Å². The van der Waals surface area contributed by atoms with Crippen molar-refractivity contribution >= 4 is 5.91 Å². The van der Waals surface area contributed by atoms with E-state index < -0.39 is 30.7 Å². The van der Waals surface area contributed by atoms with Gasteiger partial charge in [0.05, 0.1) is 6.10 Å². The molecule has 0 fully saturated rings. The van der Waals surface area contributed by atoms with E-state index in [1.807, 2.05) is 0 Å². The Bertz CT molecular complexity index is 213. The number of alkyl halides is 5. The lowest BCUT2D eigenvalue weighted by Gasteiger charge is -2.18. The Kier molecular flexibility index (Phi) is 3.81. The molecule has 0 bridgehead atoms. The molecule has 2 N–H and O–H groups in total. The van der Waals surface area contributed by atoms with Crippen LogP contribution in [0.3, 0.4) is 0 Å². The van der Waals surface area contributed by atoms with Crippen LogP contribution in [0.1, 0.15) is 6.92 Å². The molecule has 0 aromatic heterocycles. The molecule has 0 spiro atoms. The van der Waals surface area contributed by atoms with Crippen molar-refractivity contribution in [2.75, 3.05) is 6.54 Å². The Labute approximate surface area is 75.9 Å². The van der Waals surface area contributed by atoms with Gasteiger partial charge in [0, 0.05) is 6.54 Å². The molecule has 0 aromatic carbocycles. The highest BCUT2D eigenvalue weighted by Crippen LogP contribution is 2.35. The highest BCUT2D eigenvalue weighted by Gasteiger charge is 2.63. The molecule has 0 saturated carbocycles. The van der Waals surface area contributed by atoms with Crippen LogP contribution in [-0.2, 0) is 4.79 Å². The number of rotatable bonds is 3. The fourth-order valence-electron chi connectivity index (χ4n) is 0.480. The van der Waals surface area contributed by atoms with Crippen LogP contribution in [0.15, 0.2) is 0 Å². The lowest BCUT2D eigenvalue weighted by Crippen LogP contribution is -2.51. The fraction of sp³-hybridized carbons (Fsp3) is 0.833. The second-order valence-corrected chi connectivity index (χ2v) is 2.63. The van der Waals surface area contributed by atoms with Gasteiger partial charge in [0.15, 0.2) is 0 Å². The van der Waals surface area contributed by atoms with Crippen molar-refractivity contribution in [2.24, 2.45) is 0 Å². The van der Waals surface area contributed by atoms with Gasteiger partial charge in [-0.25, -0.2) is 0 Å². The van der Waals surface area contributed by atoms with Gasteiger partial charge in [0.25, 0.3) is 5.91 Å². The molecule has 1 atom stereocenters. The van der Waals surface area contributed by atoms with E-state index in [0.717, 1.165) is 6.92 Å².